The molecule has 0 saturated carbocycles. The van der Waals surface area contributed by atoms with Gasteiger partial charge in [-0.15, -0.1) is 0 Å². The van der Waals surface area contributed by atoms with E-state index in [0.29, 0.717) is 0 Å². The number of hydrogen-bond donors (Lipinski definition) is 1. The monoisotopic (exact) mass is 320 g/mol. The second-order valence-electron chi connectivity index (χ2n) is 6.69. The van der Waals surface area contributed by atoms with Gasteiger partial charge in [-0.1, -0.05) is 37.3 Å². The lowest BCUT2D eigenvalue weighted by molar-refractivity contribution is -0.431. The fraction of sp³-hybridized carbons (Fsp3) is 0.333. The number of anilines is 1. The average Bonchev–Trinajstić information content (AvgIpc) is 2.83. The van der Waals surface area contributed by atoms with Crippen molar-refractivity contribution in [2.45, 2.75) is 39.5 Å². The zero-order valence-electron chi connectivity index (χ0n) is 15.0. The van der Waals surface area contributed by atoms with E-state index >= 15 is 0 Å². The van der Waals surface area contributed by atoms with Crippen LogP contribution in [0, 0.1) is 0 Å². The normalized spacial score (nSPS) is 15.8. The molecule has 0 spiro atoms. The van der Waals surface area contributed by atoms with E-state index in [0.717, 1.165) is 18.7 Å². The number of hydrazone groups is 1. The smallest absolute Gasteiger partial charge is 0.212 e. The minimum absolute atomic E-state index is 0.0378. The lowest BCUT2D eigenvalue weighted by Gasteiger charge is -2.14. The van der Waals surface area contributed by atoms with E-state index in [2.05, 4.69) is 91.3 Å². The molecule has 3 rings (SSSR count). The van der Waals surface area contributed by atoms with Gasteiger partial charge in [0.15, 0.2) is 0 Å². The first-order chi connectivity index (χ1) is 11.6. The van der Waals surface area contributed by atoms with Crippen LogP contribution in [0.1, 0.15) is 38.8 Å². The van der Waals surface area contributed by atoms with Crippen molar-refractivity contribution in [3.63, 3.8) is 0 Å². The summed E-state index contributed by atoms with van der Waals surface area (Å²) in [5.41, 5.74) is 9.34. The first kappa shape index (κ1) is 16.4. The van der Waals surface area contributed by atoms with Gasteiger partial charge in [-0.2, -0.15) is 9.68 Å². The van der Waals surface area contributed by atoms with Crippen molar-refractivity contribution in [2.75, 3.05) is 12.0 Å². The molecule has 0 fully saturated rings. The predicted octanol–water partition coefficient (Wildman–Crippen LogP) is 4.74. The van der Waals surface area contributed by atoms with Crippen molar-refractivity contribution < 1.29 is 4.58 Å². The van der Waals surface area contributed by atoms with Crippen LogP contribution < -0.4 is 5.43 Å². The molecule has 3 nitrogen and oxygen atoms in total. The molecule has 0 saturated heterocycles. The van der Waals surface area contributed by atoms with E-state index in [9.17, 15) is 0 Å². The van der Waals surface area contributed by atoms with Crippen LogP contribution in [0.5, 0.6) is 0 Å². The molecule has 3 heteroatoms. The molecule has 0 bridgehead atoms. The van der Waals surface area contributed by atoms with E-state index in [1.54, 1.807) is 0 Å². The summed E-state index contributed by atoms with van der Waals surface area (Å²) in [6, 6.07) is 17.1. The maximum absolute atomic E-state index is 4.50. The number of benzene rings is 2. The van der Waals surface area contributed by atoms with E-state index < -0.39 is 0 Å². The van der Waals surface area contributed by atoms with E-state index in [-0.39, 0.29) is 5.41 Å². The average molecular weight is 320 g/mol. The zero-order chi connectivity index (χ0) is 17.2. The summed E-state index contributed by atoms with van der Waals surface area (Å²) in [4.78, 5) is 0. The molecular formula is C21H26N3+. The quantitative estimate of drug-likeness (QED) is 0.481. The van der Waals surface area contributed by atoms with Crippen LogP contribution in [-0.4, -0.2) is 23.0 Å². The summed E-state index contributed by atoms with van der Waals surface area (Å²) in [6.45, 7) is 9.81. The zero-order valence-corrected chi connectivity index (χ0v) is 15.0. The van der Waals surface area contributed by atoms with E-state index in [4.69, 9.17) is 0 Å². The Bertz CT molecular complexity index is 783. The minimum atomic E-state index is -0.0378. The Labute approximate surface area is 144 Å². The van der Waals surface area contributed by atoms with Gasteiger partial charge < -0.3 is 0 Å². The first-order valence-electron chi connectivity index (χ1n) is 8.70. The molecule has 124 valence electrons. The van der Waals surface area contributed by atoms with Crippen LogP contribution in [0.4, 0.5) is 11.4 Å². The molecule has 0 aromatic heterocycles. The van der Waals surface area contributed by atoms with Gasteiger partial charge in [0.2, 0.25) is 11.4 Å². The summed E-state index contributed by atoms with van der Waals surface area (Å²) in [6.07, 6.45) is 3.02. The van der Waals surface area contributed by atoms with E-state index in [1.165, 1.54) is 22.5 Å². The summed E-state index contributed by atoms with van der Waals surface area (Å²) in [7, 11) is 0. The van der Waals surface area contributed by atoms with Crippen LogP contribution >= 0.6 is 0 Å². The Morgan fingerprint density at radius 1 is 1.04 bits per heavy atom. The molecule has 2 aromatic rings. The van der Waals surface area contributed by atoms with Gasteiger partial charge in [0.25, 0.3) is 0 Å². The third-order valence-corrected chi connectivity index (χ3v) is 4.86. The highest BCUT2D eigenvalue weighted by Gasteiger charge is 2.44. The van der Waals surface area contributed by atoms with Gasteiger partial charge in [0.1, 0.15) is 12.8 Å². The van der Waals surface area contributed by atoms with Gasteiger partial charge in [0, 0.05) is 11.6 Å². The Hall–Kier alpha value is -2.42. The van der Waals surface area contributed by atoms with Gasteiger partial charge in [-0.3, -0.25) is 5.43 Å². The Morgan fingerprint density at radius 3 is 2.42 bits per heavy atom. The van der Waals surface area contributed by atoms with Gasteiger partial charge in [-0.05, 0) is 44.9 Å². The Morgan fingerprint density at radius 2 is 1.75 bits per heavy atom. The highest BCUT2D eigenvalue weighted by atomic mass is 15.3. The highest BCUT2D eigenvalue weighted by molar-refractivity contribution is 6.33. The van der Waals surface area contributed by atoms with Crippen LogP contribution in [0.25, 0.3) is 0 Å². The molecule has 0 amide bonds. The van der Waals surface area contributed by atoms with Crippen LogP contribution in [0.2, 0.25) is 0 Å². The minimum Gasteiger partial charge on any atom is -0.278 e. The van der Waals surface area contributed by atoms with Gasteiger partial charge in [0.05, 0.1) is 11.1 Å². The van der Waals surface area contributed by atoms with Crippen molar-refractivity contribution in [1.82, 2.24) is 0 Å². The van der Waals surface area contributed by atoms with Crippen molar-refractivity contribution >= 4 is 23.3 Å². The summed E-state index contributed by atoms with van der Waals surface area (Å²) in [5.74, 6) is 0. The molecule has 0 aliphatic carbocycles. The third-order valence-electron chi connectivity index (χ3n) is 4.86. The maximum Gasteiger partial charge on any atom is 0.212 e. The van der Waals surface area contributed by atoms with Crippen molar-refractivity contribution in [1.29, 1.82) is 0 Å². The van der Waals surface area contributed by atoms with Crippen LogP contribution in [0.3, 0.4) is 0 Å². The standard InChI is InChI=1S/C21H25N3/c1-5-16-11-13-17(14-12-16)23-22-15-20-21(3,4)18-9-7-8-10-19(18)24(20)6-2/h7-15H,5-6H2,1-4H3/p+1. The molecule has 0 atom stereocenters. The van der Waals surface area contributed by atoms with Crippen molar-refractivity contribution in [3.05, 3.63) is 59.7 Å². The van der Waals surface area contributed by atoms with E-state index in [1.807, 2.05) is 6.21 Å². The van der Waals surface area contributed by atoms with Crippen molar-refractivity contribution in [2.24, 2.45) is 5.10 Å². The van der Waals surface area contributed by atoms with Crippen LogP contribution in [-0.2, 0) is 11.8 Å². The molecule has 24 heavy (non-hydrogen) atoms. The molecule has 1 N–H and O–H groups in total. The molecular weight excluding hydrogens is 294 g/mol. The third kappa shape index (κ3) is 2.86. The fourth-order valence-corrected chi connectivity index (χ4v) is 3.40. The second kappa shape index (κ2) is 6.60. The van der Waals surface area contributed by atoms with Crippen LogP contribution in [0.15, 0.2) is 53.6 Å². The van der Waals surface area contributed by atoms with Gasteiger partial charge in [-0.25, -0.2) is 0 Å². The molecule has 2 aromatic carbocycles. The summed E-state index contributed by atoms with van der Waals surface area (Å²) in [5, 5.41) is 4.50. The largest absolute Gasteiger partial charge is 0.278 e. The van der Waals surface area contributed by atoms with Crippen molar-refractivity contribution in [3.8, 4) is 0 Å². The lowest BCUT2D eigenvalue weighted by atomic mass is 9.82. The van der Waals surface area contributed by atoms with Gasteiger partial charge >= 0.3 is 0 Å². The molecule has 1 heterocycles. The number of hydrogen-bond acceptors (Lipinski definition) is 2. The molecule has 0 unspecified atom stereocenters. The molecule has 1 aliphatic heterocycles. The fourth-order valence-electron chi connectivity index (χ4n) is 3.40. The number of para-hydroxylation sites is 1. The second-order valence-corrected chi connectivity index (χ2v) is 6.69. The highest BCUT2D eigenvalue weighted by Crippen LogP contribution is 2.38. The number of nitrogens with zero attached hydrogens (tertiary/aromatic N) is 2. The number of fused-ring (bicyclic) bond motifs is 1. The Kier molecular flexibility index (Phi) is 4.52. The molecule has 1 aliphatic rings. The number of aryl methyl sites for hydroxylation is 1. The predicted molar refractivity (Wildman–Crippen MR) is 103 cm³/mol. The topological polar surface area (TPSA) is 27.4 Å². The molecule has 0 radical (unpaired) electrons. The summed E-state index contributed by atoms with van der Waals surface area (Å²) >= 11 is 0. The summed E-state index contributed by atoms with van der Waals surface area (Å²) < 4.78 is 2.35. The lowest BCUT2D eigenvalue weighted by Crippen LogP contribution is -2.30. The number of nitrogens with one attached hydrogen (secondary N) is 1. The SMILES string of the molecule is CCc1ccc(N/N=C\C2=[N+](CC)c3ccccc3C2(C)C)cc1. The maximum atomic E-state index is 4.50. The Balaban J connectivity index is 1.85. The number of rotatable bonds is 5. The first-order valence-corrected chi connectivity index (χ1v) is 8.70.